The van der Waals surface area contributed by atoms with Gasteiger partial charge >= 0.3 is 12.1 Å². The predicted octanol–water partition coefficient (Wildman–Crippen LogP) is 2.42. The molecular formula is C16H19NO4. The number of aliphatic carboxylic acids is 1. The zero-order valence-corrected chi connectivity index (χ0v) is 12.0. The maximum absolute atomic E-state index is 11.9. The maximum atomic E-state index is 11.9. The highest BCUT2D eigenvalue weighted by Crippen LogP contribution is 2.33. The van der Waals surface area contributed by atoms with Crippen LogP contribution in [0.1, 0.15) is 17.0 Å². The number of hydrogen-bond donors (Lipinski definition) is 1. The Balaban J connectivity index is 2.18. The van der Waals surface area contributed by atoms with E-state index in [1.54, 1.807) is 0 Å². The molecule has 5 nitrogen and oxygen atoms in total. The van der Waals surface area contributed by atoms with Gasteiger partial charge in [-0.25, -0.2) is 4.79 Å². The first kappa shape index (κ1) is 15.1. The Morgan fingerprint density at radius 2 is 2.24 bits per heavy atom. The molecule has 0 saturated carbocycles. The minimum absolute atomic E-state index is 0.127. The van der Waals surface area contributed by atoms with Crippen molar-refractivity contribution in [3.05, 3.63) is 48.0 Å². The van der Waals surface area contributed by atoms with E-state index in [0.717, 1.165) is 11.1 Å². The second-order valence-corrected chi connectivity index (χ2v) is 5.24. The number of carbonyl (C=O) groups is 2. The van der Waals surface area contributed by atoms with E-state index in [-0.39, 0.29) is 19.1 Å². The van der Waals surface area contributed by atoms with Crippen molar-refractivity contribution in [2.75, 3.05) is 19.7 Å². The minimum Gasteiger partial charge on any atom is -0.481 e. The monoisotopic (exact) mass is 289 g/mol. The summed E-state index contributed by atoms with van der Waals surface area (Å²) in [5.74, 6) is -1.71. The van der Waals surface area contributed by atoms with E-state index in [9.17, 15) is 14.7 Å². The van der Waals surface area contributed by atoms with Crippen molar-refractivity contribution < 1.29 is 19.4 Å². The molecule has 0 unspecified atom stereocenters. The molecule has 5 heteroatoms. The van der Waals surface area contributed by atoms with E-state index in [2.05, 4.69) is 6.58 Å². The zero-order valence-electron chi connectivity index (χ0n) is 12.0. The standard InChI is InChI=1S/C16H19NO4/c1-3-7-21-16(20)17-9-13(14(10-17)15(18)19)12-6-4-5-11(2)8-12/h3-6,8,13-14H,1,7,9-10H2,2H3,(H,18,19)/t13-,14+/m0/s1. The summed E-state index contributed by atoms with van der Waals surface area (Å²) in [6.45, 7) is 6.10. The van der Waals surface area contributed by atoms with Crippen LogP contribution in [-0.2, 0) is 9.53 Å². The van der Waals surface area contributed by atoms with Crippen LogP contribution in [-0.4, -0.2) is 41.8 Å². The second kappa shape index (κ2) is 6.43. The molecule has 112 valence electrons. The Morgan fingerprint density at radius 3 is 2.86 bits per heavy atom. The van der Waals surface area contributed by atoms with Crippen molar-refractivity contribution in [1.29, 1.82) is 0 Å². The molecule has 0 radical (unpaired) electrons. The molecule has 1 heterocycles. The molecule has 1 aromatic carbocycles. The zero-order chi connectivity index (χ0) is 15.4. The van der Waals surface area contributed by atoms with Gasteiger partial charge in [-0.2, -0.15) is 0 Å². The van der Waals surface area contributed by atoms with Crippen LogP contribution in [0, 0.1) is 12.8 Å². The van der Waals surface area contributed by atoms with Crippen molar-refractivity contribution in [3.8, 4) is 0 Å². The third-order valence-corrected chi connectivity index (χ3v) is 3.69. The lowest BCUT2D eigenvalue weighted by Crippen LogP contribution is -2.30. The highest BCUT2D eigenvalue weighted by Gasteiger charge is 2.41. The van der Waals surface area contributed by atoms with Crippen molar-refractivity contribution >= 4 is 12.1 Å². The minimum atomic E-state index is -0.888. The molecule has 1 N–H and O–H groups in total. The molecule has 1 amide bonds. The largest absolute Gasteiger partial charge is 0.481 e. The van der Waals surface area contributed by atoms with Gasteiger partial charge < -0.3 is 14.7 Å². The Hall–Kier alpha value is -2.30. The summed E-state index contributed by atoms with van der Waals surface area (Å²) in [5, 5.41) is 9.39. The molecule has 1 saturated heterocycles. The van der Waals surface area contributed by atoms with Gasteiger partial charge in [0, 0.05) is 19.0 Å². The van der Waals surface area contributed by atoms with Gasteiger partial charge in [-0.05, 0) is 12.5 Å². The van der Waals surface area contributed by atoms with Crippen molar-refractivity contribution in [2.24, 2.45) is 5.92 Å². The normalized spacial score (nSPS) is 21.1. The van der Waals surface area contributed by atoms with Crippen LogP contribution in [0.15, 0.2) is 36.9 Å². The fourth-order valence-corrected chi connectivity index (χ4v) is 2.66. The van der Waals surface area contributed by atoms with Crippen molar-refractivity contribution in [2.45, 2.75) is 12.8 Å². The Morgan fingerprint density at radius 1 is 1.48 bits per heavy atom. The van der Waals surface area contributed by atoms with Crippen LogP contribution in [0.25, 0.3) is 0 Å². The summed E-state index contributed by atoms with van der Waals surface area (Å²) in [5.41, 5.74) is 2.02. The van der Waals surface area contributed by atoms with E-state index >= 15 is 0 Å². The summed E-state index contributed by atoms with van der Waals surface area (Å²) in [6, 6.07) is 7.75. The molecular weight excluding hydrogens is 270 g/mol. The van der Waals surface area contributed by atoms with Gasteiger partial charge in [0.15, 0.2) is 0 Å². The number of carbonyl (C=O) groups excluding carboxylic acids is 1. The molecule has 21 heavy (non-hydrogen) atoms. The number of benzene rings is 1. The Labute approximate surface area is 123 Å². The van der Waals surface area contributed by atoms with Gasteiger partial charge in [-0.15, -0.1) is 0 Å². The third-order valence-electron chi connectivity index (χ3n) is 3.69. The van der Waals surface area contributed by atoms with E-state index in [1.165, 1.54) is 11.0 Å². The SMILES string of the molecule is C=CCOC(=O)N1C[C@@H](C(=O)O)[C@H](c2cccc(C)c2)C1. The number of ether oxygens (including phenoxy) is 1. The summed E-state index contributed by atoms with van der Waals surface area (Å²) >= 11 is 0. The van der Waals surface area contributed by atoms with Crippen LogP contribution in [0.2, 0.25) is 0 Å². The number of carboxylic acid groups (broad SMARTS) is 1. The fourth-order valence-electron chi connectivity index (χ4n) is 2.66. The lowest BCUT2D eigenvalue weighted by atomic mass is 9.88. The number of rotatable bonds is 4. The lowest BCUT2D eigenvalue weighted by Gasteiger charge is -2.16. The van der Waals surface area contributed by atoms with Gasteiger partial charge in [0.2, 0.25) is 0 Å². The van der Waals surface area contributed by atoms with E-state index in [0.29, 0.717) is 6.54 Å². The number of carboxylic acids is 1. The molecule has 0 aromatic heterocycles. The molecule has 0 spiro atoms. The number of nitrogens with zero attached hydrogens (tertiary/aromatic N) is 1. The average molecular weight is 289 g/mol. The summed E-state index contributed by atoms with van der Waals surface area (Å²) in [7, 11) is 0. The van der Waals surface area contributed by atoms with Crippen LogP contribution in [0.3, 0.4) is 0 Å². The van der Waals surface area contributed by atoms with Crippen molar-refractivity contribution in [1.82, 2.24) is 4.90 Å². The van der Waals surface area contributed by atoms with Gasteiger partial charge in [0.25, 0.3) is 0 Å². The molecule has 2 rings (SSSR count). The van der Waals surface area contributed by atoms with Crippen LogP contribution >= 0.6 is 0 Å². The quantitative estimate of drug-likeness (QED) is 0.864. The molecule has 0 bridgehead atoms. The summed E-state index contributed by atoms with van der Waals surface area (Å²) in [6.07, 6.45) is 0.997. The Bertz CT molecular complexity index is 555. The topological polar surface area (TPSA) is 66.8 Å². The van der Waals surface area contributed by atoms with Crippen LogP contribution < -0.4 is 0 Å². The predicted molar refractivity (Wildman–Crippen MR) is 78.2 cm³/mol. The van der Waals surface area contributed by atoms with E-state index in [4.69, 9.17) is 4.74 Å². The van der Waals surface area contributed by atoms with Crippen LogP contribution in [0.4, 0.5) is 4.79 Å². The molecule has 2 atom stereocenters. The van der Waals surface area contributed by atoms with Gasteiger partial charge in [0.1, 0.15) is 6.61 Å². The number of hydrogen-bond acceptors (Lipinski definition) is 3. The van der Waals surface area contributed by atoms with Crippen molar-refractivity contribution in [3.63, 3.8) is 0 Å². The smallest absolute Gasteiger partial charge is 0.410 e. The van der Waals surface area contributed by atoms with Crippen LogP contribution in [0.5, 0.6) is 0 Å². The highest BCUT2D eigenvalue weighted by atomic mass is 16.6. The first-order valence-corrected chi connectivity index (χ1v) is 6.85. The van der Waals surface area contributed by atoms with E-state index in [1.807, 2.05) is 31.2 Å². The number of likely N-dealkylation sites (tertiary alicyclic amines) is 1. The average Bonchev–Trinajstić information content (AvgIpc) is 2.90. The number of amides is 1. The highest BCUT2D eigenvalue weighted by molar-refractivity contribution is 5.75. The third kappa shape index (κ3) is 3.42. The van der Waals surface area contributed by atoms with Gasteiger partial charge in [0.05, 0.1) is 5.92 Å². The van der Waals surface area contributed by atoms with E-state index < -0.39 is 18.0 Å². The first-order chi connectivity index (χ1) is 10.0. The molecule has 1 aliphatic heterocycles. The molecule has 0 aliphatic carbocycles. The number of aryl methyl sites for hydroxylation is 1. The lowest BCUT2D eigenvalue weighted by molar-refractivity contribution is -0.141. The maximum Gasteiger partial charge on any atom is 0.410 e. The molecule has 1 aromatic rings. The summed E-state index contributed by atoms with van der Waals surface area (Å²) < 4.78 is 4.99. The fraction of sp³-hybridized carbons (Fsp3) is 0.375. The van der Waals surface area contributed by atoms with Gasteiger partial charge in [-0.1, -0.05) is 42.5 Å². The second-order valence-electron chi connectivity index (χ2n) is 5.24. The first-order valence-electron chi connectivity index (χ1n) is 6.85. The summed E-state index contributed by atoms with van der Waals surface area (Å²) in [4.78, 5) is 24.8. The Kier molecular flexibility index (Phi) is 4.62. The van der Waals surface area contributed by atoms with Gasteiger partial charge in [-0.3, -0.25) is 4.79 Å². The molecule has 1 aliphatic rings. The molecule has 1 fully saturated rings.